The molecule has 1 heterocycles. The van der Waals surface area contributed by atoms with E-state index in [0.29, 0.717) is 18.5 Å². The van der Waals surface area contributed by atoms with E-state index in [9.17, 15) is 23.6 Å². The topological polar surface area (TPSA) is 114 Å². The van der Waals surface area contributed by atoms with Crippen LogP contribution in [0, 0.1) is 11.7 Å². The lowest BCUT2D eigenvalue weighted by Crippen LogP contribution is -2.54. The summed E-state index contributed by atoms with van der Waals surface area (Å²) in [6.07, 6.45) is 4.44. The molecule has 2 aromatic carbocycles. The average molecular weight is 554 g/mol. The molecule has 10 heteroatoms. The molecule has 3 amide bonds. The number of rotatable bonds is 12. The summed E-state index contributed by atoms with van der Waals surface area (Å²) in [6, 6.07) is 12.7. The van der Waals surface area contributed by atoms with Crippen molar-refractivity contribution in [1.82, 2.24) is 16.0 Å². The van der Waals surface area contributed by atoms with Crippen molar-refractivity contribution in [3.05, 3.63) is 77.6 Å². The van der Waals surface area contributed by atoms with Gasteiger partial charge in [0.2, 0.25) is 17.7 Å². The zero-order chi connectivity index (χ0) is 28.2. The number of ether oxygens (including phenoxy) is 1. The largest absolute Gasteiger partial charge is 0.462 e. The van der Waals surface area contributed by atoms with Crippen molar-refractivity contribution >= 4 is 46.8 Å². The highest BCUT2D eigenvalue weighted by Crippen LogP contribution is 2.19. The maximum Gasteiger partial charge on any atom is 0.347 e. The Balaban J connectivity index is 1.80. The molecule has 0 saturated carbocycles. The van der Waals surface area contributed by atoms with Crippen LogP contribution in [0.15, 0.2) is 60.7 Å². The highest BCUT2D eigenvalue weighted by molar-refractivity contribution is 7.82. The van der Waals surface area contributed by atoms with E-state index >= 15 is 0 Å². The number of thiocarbonyl (C=S) groups is 1. The zero-order valence-electron chi connectivity index (χ0n) is 21.7. The smallest absolute Gasteiger partial charge is 0.347 e. The maximum absolute atomic E-state index is 13.5. The van der Waals surface area contributed by atoms with Crippen molar-refractivity contribution in [1.29, 1.82) is 0 Å². The molecule has 1 fully saturated rings. The Morgan fingerprint density at radius 3 is 2.49 bits per heavy atom. The summed E-state index contributed by atoms with van der Waals surface area (Å²) in [5.41, 5.74) is 1.41. The molecule has 0 unspecified atom stereocenters. The van der Waals surface area contributed by atoms with E-state index in [1.54, 1.807) is 13.0 Å². The normalized spacial score (nSPS) is 16.6. The van der Waals surface area contributed by atoms with Gasteiger partial charge in [0.25, 0.3) is 0 Å². The minimum atomic E-state index is -1.07. The van der Waals surface area contributed by atoms with Crippen molar-refractivity contribution in [2.45, 2.75) is 44.7 Å². The summed E-state index contributed by atoms with van der Waals surface area (Å²) in [4.78, 5) is 51.0. The van der Waals surface area contributed by atoms with Crippen LogP contribution >= 0.6 is 12.2 Å². The molecule has 1 saturated heterocycles. The van der Waals surface area contributed by atoms with E-state index in [1.165, 1.54) is 30.3 Å². The molecule has 1 aliphatic heterocycles. The van der Waals surface area contributed by atoms with E-state index in [2.05, 4.69) is 16.0 Å². The number of carbonyl (C=O) groups is 4. The van der Waals surface area contributed by atoms with Crippen molar-refractivity contribution in [2.75, 3.05) is 13.2 Å². The number of hydrogen-bond donors (Lipinski definition) is 3. The summed E-state index contributed by atoms with van der Waals surface area (Å²) < 4.78 is 18.5. The van der Waals surface area contributed by atoms with Crippen LogP contribution in [0.4, 0.5) is 4.39 Å². The molecule has 3 atom stereocenters. The number of piperidine rings is 1. The third-order valence-corrected chi connectivity index (χ3v) is 6.69. The summed E-state index contributed by atoms with van der Waals surface area (Å²) in [7, 11) is 0. The van der Waals surface area contributed by atoms with Gasteiger partial charge in [0.15, 0.2) is 0 Å². The van der Waals surface area contributed by atoms with Crippen molar-refractivity contribution in [3.63, 3.8) is 0 Å². The minimum absolute atomic E-state index is 0.0554. The van der Waals surface area contributed by atoms with Crippen LogP contribution in [0.1, 0.15) is 37.3 Å². The second-order valence-electron chi connectivity index (χ2n) is 9.15. The summed E-state index contributed by atoms with van der Waals surface area (Å²) in [5, 5.41) is 8.24. The summed E-state index contributed by atoms with van der Waals surface area (Å²) >= 11 is 5.34. The predicted molar refractivity (Wildman–Crippen MR) is 149 cm³/mol. The monoisotopic (exact) mass is 553 g/mol. The van der Waals surface area contributed by atoms with Gasteiger partial charge in [-0.25, -0.2) is 9.18 Å². The molecule has 3 N–H and O–H groups in total. The molecule has 0 bridgehead atoms. The molecule has 1 aliphatic rings. The Morgan fingerprint density at radius 2 is 1.82 bits per heavy atom. The molecule has 2 aromatic rings. The van der Waals surface area contributed by atoms with Gasteiger partial charge in [0, 0.05) is 25.0 Å². The lowest BCUT2D eigenvalue weighted by atomic mass is 9.90. The number of esters is 1. The first-order valence-corrected chi connectivity index (χ1v) is 13.2. The predicted octanol–water partition coefficient (Wildman–Crippen LogP) is 2.90. The van der Waals surface area contributed by atoms with Gasteiger partial charge in [-0.05, 0) is 55.5 Å². The Morgan fingerprint density at radius 1 is 1.10 bits per heavy atom. The molecule has 8 nitrogen and oxygen atoms in total. The van der Waals surface area contributed by atoms with E-state index in [0.717, 1.165) is 12.0 Å². The van der Waals surface area contributed by atoms with Gasteiger partial charge < -0.3 is 20.7 Å². The van der Waals surface area contributed by atoms with Gasteiger partial charge in [0.1, 0.15) is 16.7 Å². The molecule has 0 spiro atoms. The highest BCUT2D eigenvalue weighted by atomic mass is 32.1. The number of carbonyl (C=O) groups excluding carboxylic acids is 4. The van der Waals surface area contributed by atoms with Crippen LogP contribution in [0.3, 0.4) is 0 Å². The molecular formula is C29H32FN3O5S. The van der Waals surface area contributed by atoms with E-state index in [-0.39, 0.29) is 30.2 Å². The lowest BCUT2D eigenvalue weighted by Gasteiger charge is -2.28. The fraction of sp³-hybridized carbons (Fsp3) is 0.345. The Kier molecular flexibility index (Phi) is 11.3. The number of benzene rings is 2. The van der Waals surface area contributed by atoms with Gasteiger partial charge in [-0.3, -0.25) is 14.4 Å². The molecular weight excluding hydrogens is 521 g/mol. The van der Waals surface area contributed by atoms with Crippen LogP contribution < -0.4 is 16.0 Å². The summed E-state index contributed by atoms with van der Waals surface area (Å²) in [5.74, 6) is -2.92. The Bertz CT molecular complexity index is 1200. The van der Waals surface area contributed by atoms with Gasteiger partial charge in [0.05, 0.1) is 12.6 Å². The quantitative estimate of drug-likeness (QED) is 0.212. The molecule has 0 aliphatic carbocycles. The fourth-order valence-corrected chi connectivity index (χ4v) is 4.43. The highest BCUT2D eigenvalue weighted by Gasteiger charge is 2.33. The first-order chi connectivity index (χ1) is 18.8. The van der Waals surface area contributed by atoms with E-state index in [4.69, 9.17) is 17.0 Å². The molecule has 206 valence electrons. The summed E-state index contributed by atoms with van der Waals surface area (Å²) in [6.45, 7) is 2.30. The van der Waals surface area contributed by atoms with Crippen LogP contribution in [0.5, 0.6) is 0 Å². The van der Waals surface area contributed by atoms with E-state index in [1.807, 2.05) is 30.3 Å². The first-order valence-electron chi connectivity index (χ1n) is 12.8. The van der Waals surface area contributed by atoms with Gasteiger partial charge >= 0.3 is 5.97 Å². The first kappa shape index (κ1) is 29.6. The SMILES string of the molecule is CCOC(=O)C(=S)[C@H](C[C@H]1CCCNC1=O)NC(=O)[C@H](Cc1ccc(F)cc1)NC(=O)/C=C/c1ccccc1. The molecule has 0 aromatic heterocycles. The van der Waals surface area contributed by atoms with Gasteiger partial charge in [-0.15, -0.1) is 0 Å². The number of halogens is 1. The molecule has 3 rings (SSSR count). The van der Waals surface area contributed by atoms with Crippen molar-refractivity contribution in [3.8, 4) is 0 Å². The van der Waals surface area contributed by atoms with E-state index < -0.39 is 41.6 Å². The maximum atomic E-state index is 13.5. The van der Waals surface area contributed by atoms with Crippen LogP contribution in [-0.2, 0) is 30.3 Å². The standard InChI is InChI=1S/C29H32FN3O5S/c1-2-38-29(37)26(39)23(18-21-9-6-16-31-27(21)35)33-28(36)24(17-20-10-13-22(30)14-11-20)32-25(34)15-12-19-7-4-3-5-8-19/h3-5,7-8,10-15,21,23-24H,2,6,9,16-18H2,1H3,(H,31,35)(H,32,34)(H,33,36)/b15-12+/t21-,23+,24+/m1/s1. The van der Waals surface area contributed by atoms with Crippen LogP contribution in [0.25, 0.3) is 6.08 Å². The van der Waals surface area contributed by atoms with Crippen molar-refractivity contribution < 1.29 is 28.3 Å². The lowest BCUT2D eigenvalue weighted by molar-refractivity contribution is -0.135. The van der Waals surface area contributed by atoms with Gasteiger partial charge in [-0.1, -0.05) is 54.7 Å². The van der Waals surface area contributed by atoms with Crippen LogP contribution in [0.2, 0.25) is 0 Å². The number of amides is 3. The third kappa shape index (κ3) is 9.40. The Hall–Kier alpha value is -3.92. The second kappa shape index (κ2) is 14.9. The van der Waals surface area contributed by atoms with Crippen molar-refractivity contribution in [2.24, 2.45) is 5.92 Å². The fourth-order valence-electron chi connectivity index (χ4n) is 4.21. The van der Waals surface area contributed by atoms with Gasteiger partial charge in [-0.2, -0.15) is 0 Å². The zero-order valence-corrected chi connectivity index (χ0v) is 22.5. The molecule has 0 radical (unpaired) electrons. The third-order valence-electron chi connectivity index (χ3n) is 6.24. The number of hydrogen-bond acceptors (Lipinski definition) is 6. The number of nitrogens with one attached hydrogen (secondary N) is 3. The minimum Gasteiger partial charge on any atom is -0.462 e. The Labute approximate surface area is 232 Å². The average Bonchev–Trinajstić information content (AvgIpc) is 2.93. The second-order valence-corrected chi connectivity index (χ2v) is 9.59. The molecule has 39 heavy (non-hydrogen) atoms. The van der Waals surface area contributed by atoms with Crippen LogP contribution in [-0.4, -0.2) is 53.8 Å².